The molecule has 1 aromatic carbocycles. The summed E-state index contributed by atoms with van der Waals surface area (Å²) in [6.45, 7) is 1.87. The summed E-state index contributed by atoms with van der Waals surface area (Å²) in [5, 5.41) is 9.52. The van der Waals surface area contributed by atoms with E-state index in [-0.39, 0.29) is 32.2 Å². The van der Waals surface area contributed by atoms with Crippen LogP contribution >= 0.6 is 0 Å². The van der Waals surface area contributed by atoms with Gasteiger partial charge in [-0.25, -0.2) is 4.39 Å². The molecule has 1 atom stereocenters. The molecule has 0 aliphatic carbocycles. The molecule has 24 heavy (non-hydrogen) atoms. The largest absolute Gasteiger partial charge is 0.483 e. The van der Waals surface area contributed by atoms with Crippen LogP contribution in [0.2, 0.25) is 0 Å². The lowest BCUT2D eigenvalue weighted by atomic mass is 9.92. The first-order valence-corrected chi connectivity index (χ1v) is 6.95. The highest BCUT2D eigenvalue weighted by Crippen LogP contribution is 2.32. The number of anilines is 1. The minimum atomic E-state index is -0.908. The SMILES string of the molecule is COCC(=O)Nc1ccc(F)c(C2(C)COCC(N)=N2)c1.O=CO. The Balaban J connectivity index is 0.000000891. The van der Waals surface area contributed by atoms with Crippen molar-refractivity contribution >= 4 is 23.9 Å². The van der Waals surface area contributed by atoms with Gasteiger partial charge in [0.1, 0.15) is 30.4 Å². The van der Waals surface area contributed by atoms with Crippen molar-refractivity contribution < 1.29 is 28.6 Å². The van der Waals surface area contributed by atoms with Gasteiger partial charge in [-0.2, -0.15) is 0 Å². The topological polar surface area (TPSA) is 123 Å². The van der Waals surface area contributed by atoms with Crippen molar-refractivity contribution in [3.05, 3.63) is 29.6 Å². The van der Waals surface area contributed by atoms with Crippen LogP contribution < -0.4 is 11.1 Å². The number of aliphatic imine (C=N–C) groups is 1. The molecular weight excluding hydrogens is 321 g/mol. The van der Waals surface area contributed by atoms with E-state index in [2.05, 4.69) is 10.3 Å². The Bertz CT molecular complexity index is 623. The van der Waals surface area contributed by atoms with Gasteiger partial charge in [0.2, 0.25) is 5.91 Å². The Labute approximate surface area is 138 Å². The van der Waals surface area contributed by atoms with Gasteiger partial charge in [-0.3, -0.25) is 14.6 Å². The zero-order valence-electron chi connectivity index (χ0n) is 13.4. The number of amidine groups is 1. The number of ether oxygens (including phenoxy) is 2. The van der Waals surface area contributed by atoms with Gasteiger partial charge in [0, 0.05) is 18.4 Å². The molecule has 1 amide bonds. The van der Waals surface area contributed by atoms with Gasteiger partial charge in [0.25, 0.3) is 6.47 Å². The number of carboxylic acid groups (broad SMARTS) is 1. The minimum absolute atomic E-state index is 0.0712. The fraction of sp³-hybridized carbons (Fsp3) is 0.400. The Kier molecular flexibility index (Phi) is 7.28. The first-order valence-electron chi connectivity index (χ1n) is 6.95. The smallest absolute Gasteiger partial charge is 0.290 e. The molecule has 1 heterocycles. The van der Waals surface area contributed by atoms with E-state index in [0.717, 1.165) is 0 Å². The molecule has 0 bridgehead atoms. The van der Waals surface area contributed by atoms with Crippen LogP contribution in [0.1, 0.15) is 12.5 Å². The van der Waals surface area contributed by atoms with Crippen molar-refractivity contribution in [1.29, 1.82) is 0 Å². The fourth-order valence-corrected chi connectivity index (χ4v) is 2.22. The average molecular weight is 341 g/mol. The second-order valence-corrected chi connectivity index (χ2v) is 5.15. The molecular formula is C15H20FN3O5. The highest BCUT2D eigenvalue weighted by Gasteiger charge is 2.32. The summed E-state index contributed by atoms with van der Waals surface area (Å²) >= 11 is 0. The molecule has 9 heteroatoms. The van der Waals surface area contributed by atoms with Gasteiger partial charge in [-0.1, -0.05) is 0 Å². The summed E-state index contributed by atoms with van der Waals surface area (Å²) in [7, 11) is 1.42. The maximum atomic E-state index is 14.1. The lowest BCUT2D eigenvalue weighted by molar-refractivity contribution is -0.123. The van der Waals surface area contributed by atoms with Gasteiger partial charge >= 0.3 is 0 Å². The predicted molar refractivity (Wildman–Crippen MR) is 85.4 cm³/mol. The number of benzene rings is 1. The number of amides is 1. The molecule has 0 saturated carbocycles. The molecule has 1 aromatic rings. The lowest BCUT2D eigenvalue weighted by Gasteiger charge is -2.30. The quantitative estimate of drug-likeness (QED) is 0.693. The van der Waals surface area contributed by atoms with Crippen LogP contribution in [0.15, 0.2) is 23.2 Å². The van der Waals surface area contributed by atoms with E-state index in [9.17, 15) is 9.18 Å². The van der Waals surface area contributed by atoms with Gasteiger partial charge < -0.3 is 25.6 Å². The molecule has 0 fully saturated rings. The summed E-state index contributed by atoms with van der Waals surface area (Å²) in [6, 6.07) is 4.30. The number of carbonyl (C=O) groups is 2. The Hall–Kier alpha value is -2.52. The van der Waals surface area contributed by atoms with Gasteiger partial charge in [0.15, 0.2) is 0 Å². The van der Waals surface area contributed by atoms with Crippen molar-refractivity contribution in [2.24, 2.45) is 10.7 Å². The van der Waals surface area contributed by atoms with Crippen molar-refractivity contribution in [2.75, 3.05) is 32.2 Å². The van der Waals surface area contributed by atoms with E-state index < -0.39 is 11.4 Å². The minimum Gasteiger partial charge on any atom is -0.483 e. The number of hydrogen-bond donors (Lipinski definition) is 3. The maximum Gasteiger partial charge on any atom is 0.290 e. The average Bonchev–Trinajstić information content (AvgIpc) is 2.50. The number of carbonyl (C=O) groups excluding carboxylic acids is 1. The van der Waals surface area contributed by atoms with Crippen LogP contribution in [0.25, 0.3) is 0 Å². The Morgan fingerprint density at radius 1 is 1.62 bits per heavy atom. The first kappa shape index (κ1) is 19.5. The zero-order chi connectivity index (χ0) is 18.2. The molecule has 0 radical (unpaired) electrons. The number of methoxy groups -OCH3 is 1. The normalized spacial score (nSPS) is 19.5. The highest BCUT2D eigenvalue weighted by atomic mass is 19.1. The summed E-state index contributed by atoms with van der Waals surface area (Å²) in [5.41, 5.74) is 5.55. The summed E-state index contributed by atoms with van der Waals surface area (Å²) < 4.78 is 24.2. The molecule has 0 spiro atoms. The standard InChI is InChI=1S/C14H18FN3O3.CH2O2/c1-14(8-21-6-12(16)18-14)10-5-9(3-4-11(10)15)17-13(19)7-20-2;2-1-3/h3-5H,6-8H2,1-2H3,(H2,16,18)(H,17,19);1H,(H,2,3). The van der Waals surface area contributed by atoms with Crippen LogP contribution in [0.5, 0.6) is 0 Å². The second-order valence-electron chi connectivity index (χ2n) is 5.15. The van der Waals surface area contributed by atoms with E-state index in [1.165, 1.54) is 25.3 Å². The van der Waals surface area contributed by atoms with Crippen molar-refractivity contribution in [1.82, 2.24) is 0 Å². The third-order valence-electron chi connectivity index (χ3n) is 3.13. The molecule has 2 rings (SSSR count). The van der Waals surface area contributed by atoms with Crippen LogP contribution in [0.4, 0.5) is 10.1 Å². The van der Waals surface area contributed by atoms with Crippen LogP contribution in [-0.2, 0) is 24.6 Å². The maximum absolute atomic E-state index is 14.1. The number of nitrogens with zero attached hydrogens (tertiary/aromatic N) is 1. The van der Waals surface area contributed by atoms with Gasteiger partial charge in [-0.05, 0) is 25.1 Å². The van der Waals surface area contributed by atoms with Crippen molar-refractivity contribution in [3.8, 4) is 0 Å². The molecule has 4 N–H and O–H groups in total. The zero-order valence-corrected chi connectivity index (χ0v) is 13.4. The Morgan fingerprint density at radius 3 is 2.88 bits per heavy atom. The van der Waals surface area contributed by atoms with Crippen LogP contribution in [-0.4, -0.2) is 50.3 Å². The molecule has 1 aliphatic heterocycles. The summed E-state index contributed by atoms with van der Waals surface area (Å²) in [5.74, 6) is -0.426. The number of rotatable bonds is 4. The number of nitrogens with two attached hydrogens (primary N) is 1. The number of nitrogens with one attached hydrogen (secondary N) is 1. The van der Waals surface area contributed by atoms with E-state index in [4.69, 9.17) is 25.1 Å². The van der Waals surface area contributed by atoms with E-state index in [0.29, 0.717) is 17.1 Å². The lowest BCUT2D eigenvalue weighted by Crippen LogP contribution is -2.38. The fourth-order valence-electron chi connectivity index (χ4n) is 2.22. The van der Waals surface area contributed by atoms with Gasteiger partial charge in [-0.15, -0.1) is 0 Å². The van der Waals surface area contributed by atoms with Gasteiger partial charge in [0.05, 0.1) is 6.61 Å². The van der Waals surface area contributed by atoms with Crippen molar-refractivity contribution in [2.45, 2.75) is 12.5 Å². The van der Waals surface area contributed by atoms with E-state index in [1.807, 2.05) is 0 Å². The summed E-state index contributed by atoms with van der Waals surface area (Å²) in [6.07, 6.45) is 0. The molecule has 0 aromatic heterocycles. The molecule has 8 nitrogen and oxygen atoms in total. The Morgan fingerprint density at radius 2 is 2.29 bits per heavy atom. The first-order chi connectivity index (χ1) is 11.4. The molecule has 1 unspecified atom stereocenters. The van der Waals surface area contributed by atoms with E-state index in [1.54, 1.807) is 6.92 Å². The van der Waals surface area contributed by atoms with Crippen molar-refractivity contribution in [3.63, 3.8) is 0 Å². The second kappa shape index (κ2) is 8.94. The molecule has 1 aliphatic rings. The summed E-state index contributed by atoms with van der Waals surface area (Å²) in [4.78, 5) is 24.2. The molecule has 132 valence electrons. The third-order valence-corrected chi connectivity index (χ3v) is 3.13. The molecule has 0 saturated heterocycles. The van der Waals surface area contributed by atoms with Crippen LogP contribution in [0.3, 0.4) is 0 Å². The number of hydrogen-bond acceptors (Lipinski definition) is 6. The number of halogens is 1. The monoisotopic (exact) mass is 341 g/mol. The van der Waals surface area contributed by atoms with E-state index >= 15 is 0 Å². The highest BCUT2D eigenvalue weighted by molar-refractivity contribution is 5.91. The van der Waals surface area contributed by atoms with Crippen LogP contribution in [0, 0.1) is 5.82 Å². The predicted octanol–water partition coefficient (Wildman–Crippen LogP) is 0.714. The third kappa shape index (κ3) is 5.28.